The van der Waals surface area contributed by atoms with Crippen molar-refractivity contribution in [2.24, 2.45) is 10.9 Å². The van der Waals surface area contributed by atoms with Crippen molar-refractivity contribution in [1.82, 2.24) is 5.32 Å². The molecule has 3 heteroatoms. The molecule has 0 amide bonds. The third-order valence-electron chi connectivity index (χ3n) is 1.88. The third-order valence-corrected chi connectivity index (χ3v) is 1.88. The Hall–Kier alpha value is -0.960. The van der Waals surface area contributed by atoms with Crippen LogP contribution in [0.3, 0.4) is 0 Å². The number of rotatable bonds is 3. The maximum absolute atomic E-state index is 12.5. The van der Waals surface area contributed by atoms with Gasteiger partial charge in [-0.2, -0.15) is 0 Å². The van der Waals surface area contributed by atoms with Crippen LogP contribution in [-0.4, -0.2) is 19.3 Å². The van der Waals surface area contributed by atoms with E-state index in [1.165, 1.54) is 12.3 Å². The molecule has 1 heterocycles. The highest BCUT2D eigenvalue weighted by atomic mass is 19.1. The Labute approximate surface area is 71.9 Å². The van der Waals surface area contributed by atoms with E-state index in [1.807, 2.05) is 0 Å². The maximum Gasteiger partial charge on any atom is 0.137 e. The highest BCUT2D eigenvalue weighted by Crippen LogP contribution is 2.14. The molecule has 66 valence electrons. The van der Waals surface area contributed by atoms with Gasteiger partial charge < -0.3 is 5.32 Å². The molecule has 0 bridgehead atoms. The molecule has 1 aliphatic rings. The molecule has 0 aliphatic carbocycles. The number of nitrogens with zero attached hydrogens (tertiary/aromatic N) is 1. The van der Waals surface area contributed by atoms with Crippen LogP contribution < -0.4 is 5.32 Å². The molecule has 2 nitrogen and oxygen atoms in total. The molecule has 1 rings (SSSR count). The van der Waals surface area contributed by atoms with Gasteiger partial charge >= 0.3 is 0 Å². The van der Waals surface area contributed by atoms with Crippen LogP contribution in [0.5, 0.6) is 0 Å². The Balaban J connectivity index is 2.39. The van der Waals surface area contributed by atoms with Gasteiger partial charge in [0.15, 0.2) is 0 Å². The van der Waals surface area contributed by atoms with Crippen molar-refractivity contribution in [2.45, 2.75) is 6.92 Å². The Bertz CT molecular complexity index is 227. The fourth-order valence-electron chi connectivity index (χ4n) is 0.849. The van der Waals surface area contributed by atoms with Gasteiger partial charge in [0.05, 0.1) is 6.21 Å². The van der Waals surface area contributed by atoms with E-state index in [0.717, 1.165) is 18.8 Å². The molecule has 0 unspecified atom stereocenters. The van der Waals surface area contributed by atoms with Gasteiger partial charge in [0.1, 0.15) is 5.83 Å². The summed E-state index contributed by atoms with van der Waals surface area (Å²) in [6, 6.07) is 0. The Morgan fingerprint density at radius 1 is 1.67 bits per heavy atom. The molecule has 1 aliphatic heterocycles. The second kappa shape index (κ2) is 4.16. The summed E-state index contributed by atoms with van der Waals surface area (Å²) in [6.45, 7) is 7.21. The van der Waals surface area contributed by atoms with E-state index in [2.05, 4.69) is 16.9 Å². The predicted molar refractivity (Wildman–Crippen MR) is 48.9 cm³/mol. The number of nitrogens with one attached hydrogen (secondary N) is 1. The third kappa shape index (κ3) is 2.27. The van der Waals surface area contributed by atoms with Crippen molar-refractivity contribution in [3.63, 3.8) is 0 Å². The van der Waals surface area contributed by atoms with Gasteiger partial charge in [-0.1, -0.05) is 12.7 Å². The smallest absolute Gasteiger partial charge is 0.137 e. The van der Waals surface area contributed by atoms with Crippen molar-refractivity contribution in [2.75, 3.05) is 13.1 Å². The maximum atomic E-state index is 12.5. The van der Waals surface area contributed by atoms with Gasteiger partial charge in [-0.3, -0.25) is 4.99 Å². The Morgan fingerprint density at radius 3 is 2.75 bits per heavy atom. The van der Waals surface area contributed by atoms with Crippen molar-refractivity contribution in [3.8, 4) is 0 Å². The molecule has 0 aromatic rings. The van der Waals surface area contributed by atoms with Crippen LogP contribution in [0.25, 0.3) is 0 Å². The summed E-state index contributed by atoms with van der Waals surface area (Å²) in [6.07, 6.45) is 2.58. The minimum atomic E-state index is -0.316. The number of hydrogen-bond donors (Lipinski definition) is 1. The normalized spacial score (nSPS) is 19.7. The first kappa shape index (κ1) is 9.13. The van der Waals surface area contributed by atoms with E-state index < -0.39 is 0 Å². The van der Waals surface area contributed by atoms with Gasteiger partial charge in [-0.05, 0) is 6.92 Å². The largest absolute Gasteiger partial charge is 0.315 e. The lowest BCUT2D eigenvalue weighted by Crippen LogP contribution is -2.42. The minimum absolute atomic E-state index is 0.316. The second-order valence-electron chi connectivity index (χ2n) is 2.78. The molecule has 0 saturated carbocycles. The molecule has 1 saturated heterocycles. The number of allylic oxidation sites excluding steroid dienone is 2. The molecule has 1 N–H and O–H groups in total. The topological polar surface area (TPSA) is 24.4 Å². The lowest BCUT2D eigenvalue weighted by atomic mass is 10.0. The van der Waals surface area contributed by atoms with Gasteiger partial charge in [0.25, 0.3) is 0 Å². The summed E-state index contributed by atoms with van der Waals surface area (Å²) in [4.78, 5) is 3.91. The average molecular weight is 168 g/mol. The van der Waals surface area contributed by atoms with Gasteiger partial charge in [0.2, 0.25) is 0 Å². The summed E-state index contributed by atoms with van der Waals surface area (Å²) < 4.78 is 12.5. The van der Waals surface area contributed by atoms with Gasteiger partial charge in [-0.15, -0.1) is 0 Å². The van der Waals surface area contributed by atoms with E-state index in [4.69, 9.17) is 0 Å². The van der Waals surface area contributed by atoms with Crippen LogP contribution in [0.2, 0.25) is 0 Å². The molecule has 0 aromatic heterocycles. The molecule has 12 heavy (non-hydrogen) atoms. The zero-order valence-electron chi connectivity index (χ0n) is 7.18. The van der Waals surface area contributed by atoms with Crippen molar-refractivity contribution >= 4 is 6.21 Å². The molecular formula is C9H13FN2. The summed E-state index contributed by atoms with van der Waals surface area (Å²) in [5.74, 6) is 0.0781. The van der Waals surface area contributed by atoms with Gasteiger partial charge in [-0.25, -0.2) is 4.39 Å². The molecule has 0 aromatic carbocycles. The Morgan fingerprint density at radius 2 is 2.33 bits per heavy atom. The summed E-state index contributed by atoms with van der Waals surface area (Å²) in [5.41, 5.74) is 0.755. The van der Waals surface area contributed by atoms with Crippen LogP contribution in [0.1, 0.15) is 6.92 Å². The zero-order valence-corrected chi connectivity index (χ0v) is 7.18. The molecule has 0 atom stereocenters. The fraction of sp³-hybridized carbons (Fsp3) is 0.444. The van der Waals surface area contributed by atoms with E-state index in [1.54, 1.807) is 6.92 Å². The lowest BCUT2D eigenvalue weighted by molar-refractivity contribution is 0.398. The van der Waals surface area contributed by atoms with Crippen LogP contribution in [0, 0.1) is 5.92 Å². The molecule has 0 spiro atoms. The van der Waals surface area contributed by atoms with E-state index >= 15 is 0 Å². The first-order chi connectivity index (χ1) is 5.74. The summed E-state index contributed by atoms with van der Waals surface area (Å²) >= 11 is 0. The Kier molecular flexibility index (Phi) is 3.17. The first-order valence-corrected chi connectivity index (χ1v) is 3.99. The fourth-order valence-corrected chi connectivity index (χ4v) is 0.849. The van der Waals surface area contributed by atoms with Crippen LogP contribution in [0.4, 0.5) is 4.39 Å². The van der Waals surface area contributed by atoms with Crippen LogP contribution >= 0.6 is 0 Å². The summed E-state index contributed by atoms with van der Waals surface area (Å²) in [5, 5.41) is 3.10. The quantitative estimate of drug-likeness (QED) is 0.637. The highest BCUT2D eigenvalue weighted by molar-refractivity contribution is 5.76. The van der Waals surface area contributed by atoms with Crippen LogP contribution in [0.15, 0.2) is 29.2 Å². The minimum Gasteiger partial charge on any atom is -0.315 e. The molecule has 0 radical (unpaired) electrons. The second-order valence-corrected chi connectivity index (χ2v) is 2.78. The predicted octanol–water partition coefficient (Wildman–Crippen LogP) is 1.66. The van der Waals surface area contributed by atoms with E-state index in [-0.39, 0.29) is 5.83 Å². The standard InChI is InChI=1S/C9H13FN2/c1-3-9(10)6-12-7(2)8-4-11-5-8/h3,6,8,11H,2,4-5H2,1H3/b9-3+,12-6?. The average Bonchev–Trinajstić information content (AvgIpc) is 1.97. The monoisotopic (exact) mass is 168 g/mol. The SMILES string of the molecule is C=C(N=C/C(F)=C\C)C1CNC1. The van der Waals surface area contributed by atoms with Crippen LogP contribution in [-0.2, 0) is 0 Å². The van der Waals surface area contributed by atoms with Crippen molar-refractivity contribution in [1.29, 1.82) is 0 Å². The van der Waals surface area contributed by atoms with E-state index in [9.17, 15) is 4.39 Å². The first-order valence-electron chi connectivity index (χ1n) is 3.99. The van der Waals surface area contributed by atoms with Crippen molar-refractivity contribution < 1.29 is 4.39 Å². The number of halogens is 1. The zero-order chi connectivity index (χ0) is 8.97. The van der Waals surface area contributed by atoms with E-state index in [0.29, 0.717) is 5.92 Å². The highest BCUT2D eigenvalue weighted by Gasteiger charge is 2.18. The van der Waals surface area contributed by atoms with Crippen molar-refractivity contribution in [3.05, 3.63) is 24.2 Å². The molecular weight excluding hydrogens is 155 g/mol. The molecule has 1 fully saturated rings. The summed E-state index contributed by atoms with van der Waals surface area (Å²) in [7, 11) is 0. The van der Waals surface area contributed by atoms with Gasteiger partial charge in [0, 0.05) is 24.7 Å². The lowest BCUT2D eigenvalue weighted by Gasteiger charge is -2.26. The number of hydrogen-bond acceptors (Lipinski definition) is 2. The number of aliphatic imine (C=N–C) groups is 1.